The van der Waals surface area contributed by atoms with Crippen molar-refractivity contribution in [2.75, 3.05) is 40.9 Å². The average Bonchev–Trinajstić information content (AvgIpc) is 3.64. The van der Waals surface area contributed by atoms with Gasteiger partial charge in [0.1, 0.15) is 19.3 Å². The number of esters is 1. The fraction of sp³-hybridized carbons (Fsp3) is 0.757. The SMILES string of the molecule is CCCCC/C=C\C/C=C\C/C=C\C/C=C\CCCCCC(=O)NC(COP(=O)(O)OCC[N+](C)(C)C)C(/C=C\CCCCCCCCCCCC)OC(=O)CCCCCCCCCCCCCCCC/C=C\C/C=C\C/C=C\CCCCC. The summed E-state index contributed by atoms with van der Waals surface area (Å²) in [6, 6.07) is -0.871. The van der Waals surface area contributed by atoms with E-state index in [2.05, 4.69) is 111 Å². The number of ether oxygens (including phenoxy) is 1. The van der Waals surface area contributed by atoms with Gasteiger partial charge in [0, 0.05) is 12.8 Å². The van der Waals surface area contributed by atoms with Crippen molar-refractivity contribution in [3.8, 4) is 0 Å². The van der Waals surface area contributed by atoms with Gasteiger partial charge < -0.3 is 19.4 Å². The number of hydrogen-bond acceptors (Lipinski definition) is 6. The van der Waals surface area contributed by atoms with Crippen molar-refractivity contribution in [2.45, 2.75) is 322 Å². The van der Waals surface area contributed by atoms with E-state index < -0.39 is 20.0 Å². The van der Waals surface area contributed by atoms with E-state index in [1.165, 1.54) is 180 Å². The summed E-state index contributed by atoms with van der Waals surface area (Å²) < 4.78 is 30.8. The van der Waals surface area contributed by atoms with E-state index in [4.69, 9.17) is 13.8 Å². The van der Waals surface area contributed by atoms with Crippen LogP contribution in [0, 0.1) is 0 Å². The van der Waals surface area contributed by atoms with E-state index in [0.717, 1.165) is 89.9 Å². The number of phosphoric acid groups is 1. The topological polar surface area (TPSA) is 111 Å². The van der Waals surface area contributed by atoms with Gasteiger partial charge in [0.2, 0.25) is 5.91 Å². The molecule has 486 valence electrons. The van der Waals surface area contributed by atoms with Crippen molar-refractivity contribution >= 4 is 19.7 Å². The van der Waals surface area contributed by atoms with E-state index in [1.807, 2.05) is 33.3 Å². The molecule has 3 atom stereocenters. The third-order valence-corrected chi connectivity index (χ3v) is 16.2. The number of unbranched alkanes of at least 4 members (excludes halogenated alkanes) is 33. The summed E-state index contributed by atoms with van der Waals surface area (Å²) in [4.78, 5) is 37.9. The normalized spacial score (nSPS) is 14.1. The number of likely N-dealkylation sites (N-methyl/N-ethyl adjacent to an activating group) is 1. The van der Waals surface area contributed by atoms with Crippen LogP contribution >= 0.6 is 7.82 Å². The minimum atomic E-state index is -4.47. The molecule has 0 bridgehead atoms. The van der Waals surface area contributed by atoms with Gasteiger partial charge in [-0.15, -0.1) is 0 Å². The highest BCUT2D eigenvalue weighted by Crippen LogP contribution is 2.43. The summed E-state index contributed by atoms with van der Waals surface area (Å²) in [7, 11) is 1.47. The van der Waals surface area contributed by atoms with Crippen molar-refractivity contribution in [3.05, 3.63) is 97.2 Å². The number of phosphoric ester groups is 1. The number of allylic oxidation sites excluding steroid dienone is 15. The van der Waals surface area contributed by atoms with E-state index in [9.17, 15) is 19.0 Å². The molecule has 0 aromatic carbocycles. The number of nitrogens with one attached hydrogen (secondary N) is 1. The zero-order valence-corrected chi connectivity index (χ0v) is 56.5. The number of nitrogens with zero attached hydrogens (tertiary/aromatic N) is 1. The lowest BCUT2D eigenvalue weighted by atomic mass is 10.0. The molecule has 0 aliphatic carbocycles. The van der Waals surface area contributed by atoms with Crippen molar-refractivity contribution in [2.24, 2.45) is 0 Å². The average molecular weight is 1190 g/mol. The largest absolute Gasteiger partial charge is 0.472 e. The molecule has 0 spiro atoms. The molecule has 0 saturated carbocycles. The highest BCUT2D eigenvalue weighted by atomic mass is 31.2. The first-order chi connectivity index (χ1) is 40.9. The predicted molar refractivity (Wildman–Crippen MR) is 364 cm³/mol. The summed E-state index contributed by atoms with van der Waals surface area (Å²) in [5, 5.41) is 3.05. The summed E-state index contributed by atoms with van der Waals surface area (Å²) >= 11 is 0. The highest BCUT2D eigenvalue weighted by molar-refractivity contribution is 7.47. The second-order valence-electron chi connectivity index (χ2n) is 24.7. The fourth-order valence-corrected chi connectivity index (χ4v) is 10.5. The van der Waals surface area contributed by atoms with E-state index in [0.29, 0.717) is 23.9 Å². The molecule has 0 saturated heterocycles. The minimum absolute atomic E-state index is 0.0304. The Labute approximate surface area is 519 Å². The van der Waals surface area contributed by atoms with Crippen LogP contribution in [-0.2, 0) is 27.9 Å². The van der Waals surface area contributed by atoms with E-state index in [1.54, 1.807) is 0 Å². The molecule has 0 aliphatic heterocycles. The van der Waals surface area contributed by atoms with Gasteiger partial charge in [0.05, 0.1) is 33.8 Å². The molecule has 0 fully saturated rings. The molecule has 2 N–H and O–H groups in total. The third kappa shape index (κ3) is 63.4. The Morgan fingerprint density at radius 3 is 1.12 bits per heavy atom. The molecule has 0 aliphatic rings. The van der Waals surface area contributed by atoms with Crippen LogP contribution in [0.5, 0.6) is 0 Å². The fourth-order valence-electron chi connectivity index (χ4n) is 9.81. The van der Waals surface area contributed by atoms with Gasteiger partial charge in [-0.25, -0.2) is 4.57 Å². The van der Waals surface area contributed by atoms with Crippen LogP contribution < -0.4 is 5.32 Å². The number of carbonyl (C=O) groups excluding carboxylic acids is 2. The van der Waals surface area contributed by atoms with Crippen molar-refractivity contribution in [3.63, 3.8) is 0 Å². The Bertz CT molecular complexity index is 1760. The van der Waals surface area contributed by atoms with Crippen LogP contribution in [0.15, 0.2) is 97.2 Å². The molecule has 3 unspecified atom stereocenters. The summed E-state index contributed by atoms with van der Waals surface area (Å²) in [5.74, 6) is -0.539. The molecule has 0 aromatic heterocycles. The standard InChI is InChI=1S/C74H133N2O7P/c1-7-10-13-16-19-22-25-28-30-32-34-35-36-37-38-39-40-41-43-45-47-49-52-55-58-61-64-67-74(78)83-72(65-62-59-56-53-50-27-24-21-18-15-12-9-3)71(70-82-84(79,80)81-69-68-76(4,5)6)75-73(77)66-63-60-57-54-51-48-46-44-42-33-31-29-26-23-20-17-14-11-8-2/h19-20,22-23,28-31,34-35,42,44,48,51,62,65,71-72H,7-18,21,24-27,32-33,36-41,43,45-47,49-50,52-61,63-64,66-70H2,1-6H3,(H-,75,77,79,80)/p+1/b22-19-,23-20-,30-28-,31-29-,35-34-,44-42-,51-48-,65-62-. The minimum Gasteiger partial charge on any atom is -0.456 e. The van der Waals surface area contributed by atoms with Crippen molar-refractivity contribution in [1.82, 2.24) is 5.32 Å². The molecule has 0 rings (SSSR count). The maximum atomic E-state index is 13.6. The van der Waals surface area contributed by atoms with Gasteiger partial charge in [-0.3, -0.25) is 18.6 Å². The van der Waals surface area contributed by atoms with Gasteiger partial charge in [0.25, 0.3) is 0 Å². The van der Waals surface area contributed by atoms with Crippen LogP contribution in [0.3, 0.4) is 0 Å². The maximum Gasteiger partial charge on any atom is 0.472 e. The Morgan fingerprint density at radius 1 is 0.417 bits per heavy atom. The van der Waals surface area contributed by atoms with Crippen molar-refractivity contribution < 1.29 is 37.3 Å². The monoisotopic (exact) mass is 1190 g/mol. The molecule has 9 nitrogen and oxygen atoms in total. The number of rotatable bonds is 63. The van der Waals surface area contributed by atoms with Gasteiger partial charge >= 0.3 is 13.8 Å². The third-order valence-electron chi connectivity index (χ3n) is 15.2. The zero-order chi connectivity index (χ0) is 61.4. The maximum absolute atomic E-state index is 13.6. The predicted octanol–water partition coefficient (Wildman–Crippen LogP) is 22.3. The molecule has 0 radical (unpaired) electrons. The molecule has 84 heavy (non-hydrogen) atoms. The lowest BCUT2D eigenvalue weighted by Gasteiger charge is -2.27. The molecule has 0 aromatic rings. The number of quaternary nitrogens is 1. The van der Waals surface area contributed by atoms with E-state index in [-0.39, 0.29) is 31.5 Å². The number of hydrogen-bond donors (Lipinski definition) is 2. The summed E-state index contributed by atoms with van der Waals surface area (Å²) in [6.07, 6.45) is 85.6. The lowest BCUT2D eigenvalue weighted by molar-refractivity contribution is -0.870. The van der Waals surface area contributed by atoms with Crippen LogP contribution in [-0.4, -0.2) is 74.3 Å². The van der Waals surface area contributed by atoms with Crippen molar-refractivity contribution in [1.29, 1.82) is 0 Å². The van der Waals surface area contributed by atoms with Gasteiger partial charge in [-0.05, 0) is 115 Å². The summed E-state index contributed by atoms with van der Waals surface area (Å²) in [6.45, 7) is 6.95. The molecule has 0 heterocycles. The van der Waals surface area contributed by atoms with Crippen LogP contribution in [0.2, 0.25) is 0 Å². The van der Waals surface area contributed by atoms with E-state index >= 15 is 0 Å². The Hall–Kier alpha value is -3.07. The Balaban J connectivity index is 5.10. The van der Waals surface area contributed by atoms with Gasteiger partial charge in [0.15, 0.2) is 0 Å². The number of amides is 1. The second-order valence-corrected chi connectivity index (χ2v) is 26.1. The van der Waals surface area contributed by atoms with Gasteiger partial charge in [-0.1, -0.05) is 279 Å². The lowest BCUT2D eigenvalue weighted by Crippen LogP contribution is -2.47. The first-order valence-electron chi connectivity index (χ1n) is 35.1. The second kappa shape index (κ2) is 63.0. The zero-order valence-electron chi connectivity index (χ0n) is 55.6. The first kappa shape index (κ1) is 80.9. The Kier molecular flexibility index (Phi) is 60.7. The van der Waals surface area contributed by atoms with Gasteiger partial charge in [-0.2, -0.15) is 0 Å². The first-order valence-corrected chi connectivity index (χ1v) is 36.6. The number of carbonyl (C=O) groups is 2. The highest BCUT2D eigenvalue weighted by Gasteiger charge is 2.30. The van der Waals surface area contributed by atoms with Crippen LogP contribution in [0.4, 0.5) is 0 Å². The summed E-state index contributed by atoms with van der Waals surface area (Å²) in [5.41, 5.74) is 0. The molecular weight excluding hydrogens is 1060 g/mol. The van der Waals surface area contributed by atoms with Crippen LogP contribution in [0.1, 0.15) is 310 Å². The quantitative estimate of drug-likeness (QED) is 0.0205. The molecule has 10 heteroatoms. The molecule has 1 amide bonds. The Morgan fingerprint density at radius 2 is 0.726 bits per heavy atom. The van der Waals surface area contributed by atoms with Crippen LogP contribution in [0.25, 0.3) is 0 Å². The molecular formula is C74H134N2O7P+. The smallest absolute Gasteiger partial charge is 0.456 e.